The minimum atomic E-state index is -0.892. The predicted octanol–water partition coefficient (Wildman–Crippen LogP) is 2.08. The average Bonchev–Trinajstić information content (AvgIpc) is 2.73. The second kappa shape index (κ2) is 6.51. The number of carboxylic acid groups (broad SMARTS) is 1. The summed E-state index contributed by atoms with van der Waals surface area (Å²) in [4.78, 5) is 34.0. The fourth-order valence-corrected chi connectivity index (χ4v) is 2.40. The molecular weight excluding hydrogens is 280 g/mol. The third kappa shape index (κ3) is 5.40. The van der Waals surface area contributed by atoms with Gasteiger partial charge in [-0.05, 0) is 32.4 Å². The number of anilines is 1. The van der Waals surface area contributed by atoms with Crippen molar-refractivity contribution in [1.29, 1.82) is 0 Å². The van der Waals surface area contributed by atoms with Gasteiger partial charge in [-0.15, -0.1) is 11.3 Å². The lowest BCUT2D eigenvalue weighted by molar-refractivity contribution is -0.137. The molecular formula is C13H18N2O4S. The van der Waals surface area contributed by atoms with Gasteiger partial charge in [0.1, 0.15) is 0 Å². The van der Waals surface area contributed by atoms with Crippen LogP contribution in [-0.2, 0) is 9.59 Å². The number of hydrogen-bond acceptors (Lipinski definition) is 4. The maximum atomic E-state index is 12.0. The molecule has 0 bridgehead atoms. The molecule has 0 saturated heterocycles. The van der Waals surface area contributed by atoms with E-state index in [1.54, 1.807) is 26.0 Å². The molecule has 3 N–H and O–H groups in total. The molecule has 0 aliphatic carbocycles. The van der Waals surface area contributed by atoms with Crippen LogP contribution in [0.4, 0.5) is 5.00 Å². The van der Waals surface area contributed by atoms with Gasteiger partial charge in [-0.3, -0.25) is 14.4 Å². The summed E-state index contributed by atoms with van der Waals surface area (Å²) in [5.41, 5.74) is -0.604. The van der Waals surface area contributed by atoms with Crippen molar-refractivity contribution in [2.45, 2.75) is 39.2 Å². The molecule has 20 heavy (non-hydrogen) atoms. The zero-order valence-electron chi connectivity index (χ0n) is 11.6. The van der Waals surface area contributed by atoms with Gasteiger partial charge in [-0.1, -0.05) is 0 Å². The van der Waals surface area contributed by atoms with Crippen molar-refractivity contribution in [1.82, 2.24) is 5.32 Å². The molecule has 0 aliphatic heterocycles. The van der Waals surface area contributed by atoms with Gasteiger partial charge in [0, 0.05) is 18.9 Å². The molecule has 0 fully saturated rings. The Kier molecular flexibility index (Phi) is 5.26. The molecule has 0 unspecified atom stereocenters. The van der Waals surface area contributed by atoms with E-state index in [4.69, 9.17) is 5.11 Å². The quantitative estimate of drug-likeness (QED) is 0.749. The van der Waals surface area contributed by atoms with Crippen LogP contribution < -0.4 is 10.6 Å². The number of carbonyl (C=O) groups excluding carboxylic acids is 2. The number of nitrogens with one attached hydrogen (secondary N) is 2. The highest BCUT2D eigenvalue weighted by Gasteiger charge is 2.23. The molecule has 1 aromatic heterocycles. The zero-order valence-corrected chi connectivity index (χ0v) is 12.5. The van der Waals surface area contributed by atoms with Gasteiger partial charge in [0.05, 0.1) is 9.88 Å². The van der Waals surface area contributed by atoms with E-state index in [1.807, 2.05) is 0 Å². The number of hydrogen-bond donors (Lipinski definition) is 3. The van der Waals surface area contributed by atoms with Crippen LogP contribution in [0.3, 0.4) is 0 Å². The fraction of sp³-hybridized carbons (Fsp3) is 0.462. The Bertz CT molecular complexity index is 522. The Labute approximate surface area is 121 Å². The molecule has 0 saturated carbocycles. The van der Waals surface area contributed by atoms with E-state index in [0.29, 0.717) is 16.3 Å². The van der Waals surface area contributed by atoms with Crippen LogP contribution in [0.2, 0.25) is 0 Å². The first-order chi connectivity index (χ1) is 9.19. The number of carbonyl (C=O) groups is 3. The normalized spacial score (nSPS) is 10.9. The Morgan fingerprint density at radius 1 is 1.30 bits per heavy atom. The summed E-state index contributed by atoms with van der Waals surface area (Å²) < 4.78 is 0. The lowest BCUT2D eigenvalue weighted by Gasteiger charge is -2.25. The number of thiophene rings is 1. The van der Waals surface area contributed by atoms with E-state index < -0.39 is 11.5 Å². The van der Waals surface area contributed by atoms with Gasteiger partial charge in [0.25, 0.3) is 5.91 Å². The molecule has 0 radical (unpaired) electrons. The summed E-state index contributed by atoms with van der Waals surface area (Å²) in [6, 6.07) is 3.28. The second-order valence-corrected chi connectivity index (χ2v) is 6.16. The second-order valence-electron chi connectivity index (χ2n) is 5.08. The standard InChI is InChI=1S/C13H18N2O4S/c1-8(16)14-10-5-4-9(20-10)12(19)15-13(2,3)7-6-11(17)18/h4-5H,6-7H2,1-3H3,(H,14,16)(H,15,19)(H,17,18). The molecule has 0 atom stereocenters. The summed E-state index contributed by atoms with van der Waals surface area (Å²) in [7, 11) is 0. The number of aliphatic carboxylic acids is 1. The van der Waals surface area contributed by atoms with Crippen LogP contribution in [0, 0.1) is 0 Å². The molecule has 0 aromatic carbocycles. The van der Waals surface area contributed by atoms with Crippen LogP contribution in [0.15, 0.2) is 12.1 Å². The van der Waals surface area contributed by atoms with E-state index in [1.165, 1.54) is 18.3 Å². The molecule has 1 aromatic rings. The monoisotopic (exact) mass is 298 g/mol. The van der Waals surface area contributed by atoms with Crippen molar-refractivity contribution in [3.8, 4) is 0 Å². The molecule has 0 aliphatic rings. The van der Waals surface area contributed by atoms with Gasteiger partial charge < -0.3 is 15.7 Å². The van der Waals surface area contributed by atoms with Crippen molar-refractivity contribution in [3.63, 3.8) is 0 Å². The Hall–Kier alpha value is -1.89. The summed E-state index contributed by atoms with van der Waals surface area (Å²) >= 11 is 1.17. The molecule has 2 amide bonds. The first-order valence-corrected chi connectivity index (χ1v) is 6.93. The smallest absolute Gasteiger partial charge is 0.303 e. The minimum absolute atomic E-state index is 0.00510. The van der Waals surface area contributed by atoms with E-state index >= 15 is 0 Å². The van der Waals surface area contributed by atoms with Crippen LogP contribution >= 0.6 is 11.3 Å². The number of rotatable bonds is 6. The lowest BCUT2D eigenvalue weighted by Crippen LogP contribution is -2.43. The molecule has 0 spiro atoms. The van der Waals surface area contributed by atoms with Crippen LogP contribution in [0.25, 0.3) is 0 Å². The van der Waals surface area contributed by atoms with Crippen LogP contribution in [0.1, 0.15) is 43.3 Å². The number of carboxylic acids is 1. The third-order valence-corrected chi connectivity index (χ3v) is 3.54. The Balaban J connectivity index is 2.63. The van der Waals surface area contributed by atoms with Gasteiger partial charge in [-0.25, -0.2) is 0 Å². The van der Waals surface area contributed by atoms with E-state index in [-0.39, 0.29) is 18.2 Å². The first-order valence-electron chi connectivity index (χ1n) is 6.11. The van der Waals surface area contributed by atoms with E-state index in [2.05, 4.69) is 10.6 Å². The van der Waals surface area contributed by atoms with E-state index in [9.17, 15) is 14.4 Å². The molecule has 6 nitrogen and oxygen atoms in total. The summed E-state index contributed by atoms with van der Waals surface area (Å²) in [6.45, 7) is 4.95. The fourth-order valence-electron chi connectivity index (χ4n) is 1.55. The highest BCUT2D eigenvalue weighted by molar-refractivity contribution is 7.18. The maximum Gasteiger partial charge on any atom is 0.303 e. The molecule has 1 heterocycles. The van der Waals surface area contributed by atoms with Crippen molar-refractivity contribution in [2.24, 2.45) is 0 Å². The summed E-state index contributed by atoms with van der Waals surface area (Å²) in [5, 5.41) is 14.7. The zero-order chi connectivity index (χ0) is 15.3. The lowest BCUT2D eigenvalue weighted by atomic mass is 9.98. The first kappa shape index (κ1) is 16.2. The Morgan fingerprint density at radius 2 is 1.95 bits per heavy atom. The summed E-state index contributed by atoms with van der Waals surface area (Å²) in [6.07, 6.45) is 0.340. The highest BCUT2D eigenvalue weighted by atomic mass is 32.1. The average molecular weight is 298 g/mol. The Morgan fingerprint density at radius 3 is 2.50 bits per heavy atom. The van der Waals surface area contributed by atoms with Crippen LogP contribution in [0.5, 0.6) is 0 Å². The largest absolute Gasteiger partial charge is 0.481 e. The summed E-state index contributed by atoms with van der Waals surface area (Å²) in [5.74, 6) is -1.36. The van der Waals surface area contributed by atoms with E-state index in [0.717, 1.165) is 0 Å². The van der Waals surface area contributed by atoms with Gasteiger partial charge >= 0.3 is 5.97 Å². The van der Waals surface area contributed by atoms with Gasteiger partial charge in [0.2, 0.25) is 5.91 Å². The molecule has 1 rings (SSSR count). The third-order valence-electron chi connectivity index (χ3n) is 2.54. The number of amides is 2. The van der Waals surface area contributed by atoms with Gasteiger partial charge in [-0.2, -0.15) is 0 Å². The van der Waals surface area contributed by atoms with Crippen molar-refractivity contribution in [2.75, 3.05) is 5.32 Å². The van der Waals surface area contributed by atoms with Gasteiger partial charge in [0.15, 0.2) is 0 Å². The minimum Gasteiger partial charge on any atom is -0.481 e. The molecule has 110 valence electrons. The van der Waals surface area contributed by atoms with Crippen molar-refractivity contribution in [3.05, 3.63) is 17.0 Å². The highest BCUT2D eigenvalue weighted by Crippen LogP contribution is 2.23. The topological polar surface area (TPSA) is 95.5 Å². The molecule has 7 heteroatoms. The maximum absolute atomic E-state index is 12.0. The van der Waals surface area contributed by atoms with Crippen molar-refractivity contribution < 1.29 is 19.5 Å². The van der Waals surface area contributed by atoms with Crippen LogP contribution in [-0.4, -0.2) is 28.4 Å². The van der Waals surface area contributed by atoms with Crippen molar-refractivity contribution >= 4 is 34.1 Å². The predicted molar refractivity (Wildman–Crippen MR) is 77.0 cm³/mol. The SMILES string of the molecule is CC(=O)Nc1ccc(C(=O)NC(C)(C)CCC(=O)O)s1.